The molecule has 35 heavy (non-hydrogen) atoms. The van der Waals surface area contributed by atoms with Crippen molar-refractivity contribution in [3.8, 4) is 11.4 Å². The Balaban J connectivity index is 1.23. The largest absolute Gasteiger partial charge is 0.376 e. The number of nitrogens with one attached hydrogen (secondary N) is 2. The van der Waals surface area contributed by atoms with Gasteiger partial charge in [-0.1, -0.05) is 60.3 Å². The van der Waals surface area contributed by atoms with E-state index < -0.39 is 0 Å². The number of H-pyrrole nitrogens is 1. The molecule has 1 fully saturated rings. The molecule has 6 rings (SSSR count). The summed E-state index contributed by atoms with van der Waals surface area (Å²) in [4.78, 5) is 16.1. The molecule has 1 saturated heterocycles. The number of carbonyl (C=O) groups is 1. The van der Waals surface area contributed by atoms with Crippen LogP contribution in [-0.2, 0) is 16.1 Å². The number of aromatic amines is 1. The van der Waals surface area contributed by atoms with Gasteiger partial charge < -0.3 is 15.0 Å². The molecular weight excluding hydrogens is 458 g/mol. The van der Waals surface area contributed by atoms with Gasteiger partial charge >= 0.3 is 0 Å². The van der Waals surface area contributed by atoms with Gasteiger partial charge in [-0.05, 0) is 41.8 Å². The summed E-state index contributed by atoms with van der Waals surface area (Å²) in [6.07, 6.45) is 4.17. The number of rotatable bonds is 7. The number of hydrogen-bond acceptors (Lipinski definition) is 5. The van der Waals surface area contributed by atoms with Crippen molar-refractivity contribution >= 4 is 45.0 Å². The number of para-hydroxylation sites is 1. The summed E-state index contributed by atoms with van der Waals surface area (Å²) >= 11 is 1.40. The molecule has 1 unspecified atom stereocenters. The maximum Gasteiger partial charge on any atom is 0.234 e. The van der Waals surface area contributed by atoms with Gasteiger partial charge in [-0.15, -0.1) is 10.2 Å². The van der Waals surface area contributed by atoms with Crippen LogP contribution in [0.2, 0.25) is 0 Å². The van der Waals surface area contributed by atoms with Crippen LogP contribution in [0.4, 0.5) is 5.69 Å². The van der Waals surface area contributed by atoms with Crippen LogP contribution < -0.4 is 5.32 Å². The normalized spacial score (nSPS) is 15.7. The molecule has 3 aromatic carbocycles. The molecule has 0 radical (unpaired) electrons. The molecule has 1 aliphatic rings. The van der Waals surface area contributed by atoms with Gasteiger partial charge in [-0.25, -0.2) is 0 Å². The van der Waals surface area contributed by atoms with E-state index in [2.05, 4.69) is 37.2 Å². The molecule has 0 saturated carbocycles. The predicted octanol–water partition coefficient (Wildman–Crippen LogP) is 5.49. The molecular formula is C27H25N5O2S. The van der Waals surface area contributed by atoms with Crippen molar-refractivity contribution in [2.75, 3.05) is 17.7 Å². The molecule has 1 atom stereocenters. The molecule has 3 heterocycles. The van der Waals surface area contributed by atoms with E-state index in [-0.39, 0.29) is 17.8 Å². The molecule has 1 aliphatic heterocycles. The Labute approximate surface area is 206 Å². The molecule has 5 aromatic rings. The summed E-state index contributed by atoms with van der Waals surface area (Å²) in [7, 11) is 0. The van der Waals surface area contributed by atoms with Crippen LogP contribution in [0.5, 0.6) is 0 Å². The van der Waals surface area contributed by atoms with Crippen molar-refractivity contribution in [1.29, 1.82) is 0 Å². The van der Waals surface area contributed by atoms with Crippen LogP contribution in [0.1, 0.15) is 12.8 Å². The highest BCUT2D eigenvalue weighted by Crippen LogP contribution is 2.31. The number of hydrogen-bond donors (Lipinski definition) is 2. The predicted molar refractivity (Wildman–Crippen MR) is 140 cm³/mol. The number of carbonyl (C=O) groups excluding carboxylic acids is 1. The zero-order chi connectivity index (χ0) is 23.6. The third-order valence-corrected chi connectivity index (χ3v) is 7.29. The molecule has 2 N–H and O–H groups in total. The maximum atomic E-state index is 12.8. The molecule has 0 bridgehead atoms. The Morgan fingerprint density at radius 2 is 1.94 bits per heavy atom. The first-order valence-corrected chi connectivity index (χ1v) is 12.8. The highest BCUT2D eigenvalue weighted by atomic mass is 32.2. The second kappa shape index (κ2) is 9.56. The first kappa shape index (κ1) is 21.9. The van der Waals surface area contributed by atoms with Crippen LogP contribution in [0.25, 0.3) is 33.1 Å². The summed E-state index contributed by atoms with van der Waals surface area (Å²) in [5.74, 6) is 0.950. The van der Waals surface area contributed by atoms with Crippen LogP contribution >= 0.6 is 11.8 Å². The lowest BCUT2D eigenvalue weighted by Crippen LogP contribution is -2.18. The van der Waals surface area contributed by atoms with Gasteiger partial charge in [0.15, 0.2) is 11.0 Å². The first-order chi connectivity index (χ1) is 17.2. The highest BCUT2D eigenvalue weighted by Gasteiger charge is 2.23. The monoisotopic (exact) mass is 483 g/mol. The van der Waals surface area contributed by atoms with Gasteiger partial charge in [0.2, 0.25) is 5.91 Å². The Kier molecular flexibility index (Phi) is 5.98. The Morgan fingerprint density at radius 3 is 2.83 bits per heavy atom. The van der Waals surface area contributed by atoms with Gasteiger partial charge in [0.1, 0.15) is 0 Å². The number of amides is 1. The Hall–Kier alpha value is -3.62. The SMILES string of the molecule is O=C(CSc1nnc(-c2c[nH]c3ccccc23)n1CC1CCCO1)Nc1ccc2ccccc2c1. The van der Waals surface area contributed by atoms with E-state index in [1.807, 2.05) is 60.8 Å². The van der Waals surface area contributed by atoms with E-state index in [1.165, 1.54) is 11.8 Å². The van der Waals surface area contributed by atoms with Crippen molar-refractivity contribution in [3.05, 3.63) is 72.9 Å². The summed E-state index contributed by atoms with van der Waals surface area (Å²) in [6.45, 7) is 1.45. The quantitative estimate of drug-likeness (QED) is 0.299. The van der Waals surface area contributed by atoms with E-state index >= 15 is 0 Å². The number of fused-ring (bicyclic) bond motifs is 2. The highest BCUT2D eigenvalue weighted by molar-refractivity contribution is 7.99. The lowest BCUT2D eigenvalue weighted by molar-refractivity contribution is -0.113. The van der Waals surface area contributed by atoms with Crippen molar-refractivity contribution < 1.29 is 9.53 Å². The van der Waals surface area contributed by atoms with Gasteiger partial charge in [-0.2, -0.15) is 0 Å². The maximum absolute atomic E-state index is 12.8. The van der Waals surface area contributed by atoms with Crippen molar-refractivity contribution in [3.63, 3.8) is 0 Å². The van der Waals surface area contributed by atoms with Crippen LogP contribution in [0, 0.1) is 0 Å². The zero-order valence-corrected chi connectivity index (χ0v) is 19.9. The minimum atomic E-state index is -0.0782. The topological polar surface area (TPSA) is 84.8 Å². The van der Waals surface area contributed by atoms with Crippen LogP contribution in [-0.4, -0.2) is 44.1 Å². The lowest BCUT2D eigenvalue weighted by atomic mass is 10.1. The summed E-state index contributed by atoms with van der Waals surface area (Å²) in [5.41, 5.74) is 2.84. The van der Waals surface area contributed by atoms with Crippen LogP contribution in [0.3, 0.4) is 0 Å². The average Bonchev–Trinajstić information content (AvgIpc) is 3.63. The molecule has 1 amide bonds. The Bertz CT molecular complexity index is 1500. The Morgan fingerprint density at radius 1 is 1.09 bits per heavy atom. The van der Waals surface area contributed by atoms with Crippen molar-refractivity contribution in [1.82, 2.24) is 19.7 Å². The number of anilines is 1. The fourth-order valence-electron chi connectivity index (χ4n) is 4.60. The lowest BCUT2D eigenvalue weighted by Gasteiger charge is -2.14. The van der Waals surface area contributed by atoms with Gasteiger partial charge in [0.05, 0.1) is 18.4 Å². The van der Waals surface area contributed by atoms with E-state index in [0.717, 1.165) is 63.4 Å². The van der Waals surface area contributed by atoms with Gasteiger partial charge in [-0.3, -0.25) is 9.36 Å². The molecule has 176 valence electrons. The minimum Gasteiger partial charge on any atom is -0.376 e. The third kappa shape index (κ3) is 4.54. The summed E-state index contributed by atoms with van der Waals surface area (Å²) in [5, 5.41) is 16.1. The standard InChI is InChI=1S/C27H25N5O2S/c33-25(29-20-12-11-18-6-1-2-7-19(18)14-20)17-35-27-31-30-26(32(27)16-21-8-5-13-34-21)23-15-28-24-10-4-3-9-22(23)24/h1-4,6-7,9-12,14-15,21,28H,5,8,13,16-17H2,(H,29,33). The minimum absolute atomic E-state index is 0.0782. The molecule has 0 aliphatic carbocycles. The van der Waals surface area contributed by atoms with Crippen molar-refractivity contribution in [2.45, 2.75) is 30.6 Å². The zero-order valence-electron chi connectivity index (χ0n) is 19.1. The number of ether oxygens (including phenoxy) is 1. The fourth-order valence-corrected chi connectivity index (χ4v) is 5.35. The fraction of sp³-hybridized carbons (Fsp3) is 0.222. The summed E-state index contributed by atoms with van der Waals surface area (Å²) < 4.78 is 8.00. The van der Waals surface area contributed by atoms with Crippen LogP contribution in [0.15, 0.2) is 78.1 Å². The van der Waals surface area contributed by atoms with Gasteiger partial charge in [0, 0.05) is 35.0 Å². The van der Waals surface area contributed by atoms with Gasteiger partial charge in [0.25, 0.3) is 0 Å². The van der Waals surface area contributed by atoms with E-state index in [4.69, 9.17) is 4.74 Å². The number of nitrogens with zero attached hydrogens (tertiary/aromatic N) is 3. The van der Waals surface area contributed by atoms with E-state index in [0.29, 0.717) is 6.54 Å². The second-order valence-electron chi connectivity index (χ2n) is 8.70. The average molecular weight is 484 g/mol. The molecule has 0 spiro atoms. The first-order valence-electron chi connectivity index (χ1n) is 11.8. The van der Waals surface area contributed by atoms with E-state index in [1.54, 1.807) is 0 Å². The molecule has 2 aromatic heterocycles. The smallest absolute Gasteiger partial charge is 0.234 e. The summed E-state index contributed by atoms with van der Waals surface area (Å²) in [6, 6.07) is 22.2. The number of benzene rings is 3. The molecule has 8 heteroatoms. The second-order valence-corrected chi connectivity index (χ2v) is 9.64. The number of thioether (sulfide) groups is 1. The third-order valence-electron chi connectivity index (χ3n) is 6.32. The molecule has 7 nitrogen and oxygen atoms in total. The number of aromatic nitrogens is 4. The van der Waals surface area contributed by atoms with E-state index in [9.17, 15) is 4.79 Å². The van der Waals surface area contributed by atoms with Crippen molar-refractivity contribution in [2.24, 2.45) is 0 Å².